The summed E-state index contributed by atoms with van der Waals surface area (Å²) in [5, 5.41) is 3.17. The van der Waals surface area contributed by atoms with Gasteiger partial charge in [0.05, 0.1) is 5.56 Å². The van der Waals surface area contributed by atoms with Gasteiger partial charge < -0.3 is 10.1 Å². The molecule has 0 heterocycles. The summed E-state index contributed by atoms with van der Waals surface area (Å²) in [6, 6.07) is 7.39. The molecule has 3 heteroatoms. The van der Waals surface area contributed by atoms with Crippen LogP contribution >= 0.6 is 0 Å². The van der Waals surface area contributed by atoms with E-state index < -0.39 is 0 Å². The average Bonchev–Trinajstić information content (AvgIpc) is 2.29. The quantitative estimate of drug-likeness (QED) is 0.591. The molecule has 0 aromatic heterocycles. The monoisotopic (exact) mass is 221 g/mol. The van der Waals surface area contributed by atoms with Crippen molar-refractivity contribution in [2.24, 2.45) is 0 Å². The molecule has 0 fully saturated rings. The van der Waals surface area contributed by atoms with Gasteiger partial charge in [-0.3, -0.25) is 0 Å². The van der Waals surface area contributed by atoms with Crippen LogP contribution in [0, 0.1) is 6.92 Å². The highest BCUT2D eigenvalue weighted by Gasteiger charge is 2.05. The average molecular weight is 221 g/mol. The molecule has 16 heavy (non-hydrogen) atoms. The number of aryl methyl sites for hydroxylation is 1. The van der Waals surface area contributed by atoms with E-state index in [1.54, 1.807) is 12.1 Å². The maximum Gasteiger partial charge on any atom is 0.338 e. The van der Waals surface area contributed by atoms with Crippen LogP contribution in [-0.4, -0.2) is 25.7 Å². The zero-order valence-electron chi connectivity index (χ0n) is 9.95. The van der Waals surface area contributed by atoms with Gasteiger partial charge in [0.1, 0.15) is 6.61 Å². The first-order valence-corrected chi connectivity index (χ1v) is 5.68. The first-order chi connectivity index (χ1) is 7.74. The molecule has 0 saturated carbocycles. The van der Waals surface area contributed by atoms with Crippen LogP contribution in [0.3, 0.4) is 0 Å². The molecular weight excluding hydrogens is 202 g/mol. The molecular formula is C13H19NO2. The van der Waals surface area contributed by atoms with Gasteiger partial charge in [-0.2, -0.15) is 0 Å². The summed E-state index contributed by atoms with van der Waals surface area (Å²) in [6.45, 7) is 6.19. The zero-order valence-corrected chi connectivity index (χ0v) is 9.95. The second-order valence-corrected chi connectivity index (χ2v) is 3.75. The third-order valence-electron chi connectivity index (χ3n) is 2.23. The second-order valence-electron chi connectivity index (χ2n) is 3.75. The van der Waals surface area contributed by atoms with Crippen LogP contribution in [0.2, 0.25) is 0 Å². The fourth-order valence-corrected chi connectivity index (χ4v) is 1.29. The lowest BCUT2D eigenvalue weighted by molar-refractivity contribution is 0.0509. The Balaban J connectivity index is 2.27. The van der Waals surface area contributed by atoms with Crippen LogP contribution in [0.25, 0.3) is 0 Å². The Morgan fingerprint density at radius 2 is 1.94 bits per heavy atom. The highest BCUT2D eigenvalue weighted by atomic mass is 16.5. The predicted molar refractivity (Wildman–Crippen MR) is 64.6 cm³/mol. The summed E-state index contributed by atoms with van der Waals surface area (Å²) >= 11 is 0. The van der Waals surface area contributed by atoms with Gasteiger partial charge in [0.2, 0.25) is 0 Å². The smallest absolute Gasteiger partial charge is 0.338 e. The molecule has 0 aliphatic heterocycles. The van der Waals surface area contributed by atoms with Gasteiger partial charge in [0.25, 0.3) is 0 Å². The molecule has 0 amide bonds. The van der Waals surface area contributed by atoms with E-state index in [0.29, 0.717) is 18.7 Å². The summed E-state index contributed by atoms with van der Waals surface area (Å²) in [4.78, 5) is 11.5. The van der Waals surface area contributed by atoms with Crippen molar-refractivity contribution < 1.29 is 9.53 Å². The fourth-order valence-electron chi connectivity index (χ4n) is 1.29. The summed E-state index contributed by atoms with van der Waals surface area (Å²) in [5.74, 6) is -0.252. The topological polar surface area (TPSA) is 38.3 Å². The lowest BCUT2D eigenvalue weighted by Crippen LogP contribution is -2.22. The Hall–Kier alpha value is -1.35. The Kier molecular flexibility index (Phi) is 5.57. The van der Waals surface area contributed by atoms with E-state index in [1.807, 2.05) is 19.1 Å². The number of hydrogen-bond acceptors (Lipinski definition) is 3. The van der Waals surface area contributed by atoms with E-state index >= 15 is 0 Å². The van der Waals surface area contributed by atoms with Crippen LogP contribution in [0.5, 0.6) is 0 Å². The number of nitrogens with one attached hydrogen (secondary N) is 1. The minimum atomic E-state index is -0.252. The summed E-state index contributed by atoms with van der Waals surface area (Å²) in [7, 11) is 0. The summed E-state index contributed by atoms with van der Waals surface area (Å²) in [6.07, 6.45) is 1.09. The molecule has 0 bridgehead atoms. The van der Waals surface area contributed by atoms with Crippen LogP contribution < -0.4 is 5.32 Å². The predicted octanol–water partition coefficient (Wildman–Crippen LogP) is 2.15. The van der Waals surface area contributed by atoms with E-state index in [-0.39, 0.29) is 5.97 Å². The van der Waals surface area contributed by atoms with Gasteiger partial charge in [-0.15, -0.1) is 0 Å². The van der Waals surface area contributed by atoms with Gasteiger partial charge in [0, 0.05) is 6.54 Å². The third-order valence-corrected chi connectivity index (χ3v) is 2.23. The second kappa shape index (κ2) is 7.01. The number of hydrogen-bond donors (Lipinski definition) is 1. The van der Waals surface area contributed by atoms with Crippen molar-refractivity contribution in [3.05, 3.63) is 35.4 Å². The number of ether oxygens (including phenoxy) is 1. The molecule has 0 aliphatic carbocycles. The van der Waals surface area contributed by atoms with Crippen LogP contribution in [0.4, 0.5) is 0 Å². The number of rotatable bonds is 6. The van der Waals surface area contributed by atoms with Crippen LogP contribution in [0.1, 0.15) is 29.3 Å². The Labute approximate surface area is 96.8 Å². The van der Waals surface area contributed by atoms with Gasteiger partial charge >= 0.3 is 5.97 Å². The first-order valence-electron chi connectivity index (χ1n) is 5.68. The maximum atomic E-state index is 11.5. The molecule has 1 aromatic rings. The summed E-state index contributed by atoms with van der Waals surface area (Å²) in [5.41, 5.74) is 1.75. The summed E-state index contributed by atoms with van der Waals surface area (Å²) < 4.78 is 5.11. The van der Waals surface area contributed by atoms with Gasteiger partial charge in [-0.1, -0.05) is 24.6 Å². The molecule has 0 radical (unpaired) electrons. The highest BCUT2D eigenvalue weighted by molar-refractivity contribution is 5.89. The number of carbonyl (C=O) groups is 1. The molecule has 1 N–H and O–H groups in total. The van der Waals surface area contributed by atoms with Crippen molar-refractivity contribution in [1.82, 2.24) is 5.32 Å². The molecule has 0 aliphatic rings. The molecule has 1 aromatic carbocycles. The Morgan fingerprint density at radius 1 is 1.25 bits per heavy atom. The van der Waals surface area contributed by atoms with Gasteiger partial charge in [-0.05, 0) is 32.0 Å². The largest absolute Gasteiger partial charge is 0.461 e. The van der Waals surface area contributed by atoms with E-state index in [1.165, 1.54) is 0 Å². The number of benzene rings is 1. The minimum Gasteiger partial charge on any atom is -0.461 e. The number of carbonyl (C=O) groups excluding carboxylic acids is 1. The minimum absolute atomic E-state index is 0.252. The molecule has 0 saturated heterocycles. The van der Waals surface area contributed by atoms with E-state index in [4.69, 9.17) is 4.74 Å². The van der Waals surface area contributed by atoms with Crippen molar-refractivity contribution in [3.63, 3.8) is 0 Å². The normalized spacial score (nSPS) is 10.1. The lowest BCUT2D eigenvalue weighted by atomic mass is 10.1. The van der Waals surface area contributed by atoms with Crippen molar-refractivity contribution >= 4 is 5.97 Å². The third kappa shape index (κ3) is 4.45. The first kappa shape index (κ1) is 12.7. The van der Waals surface area contributed by atoms with Crippen molar-refractivity contribution in [2.45, 2.75) is 20.3 Å². The van der Waals surface area contributed by atoms with Crippen molar-refractivity contribution in [1.29, 1.82) is 0 Å². The van der Waals surface area contributed by atoms with Crippen LogP contribution in [-0.2, 0) is 4.74 Å². The molecule has 0 unspecified atom stereocenters. The van der Waals surface area contributed by atoms with Crippen LogP contribution in [0.15, 0.2) is 24.3 Å². The SMILES string of the molecule is CCCNCCOC(=O)c1ccc(C)cc1. The lowest BCUT2D eigenvalue weighted by Gasteiger charge is -2.05. The van der Waals surface area contributed by atoms with E-state index in [9.17, 15) is 4.79 Å². The van der Waals surface area contributed by atoms with Gasteiger partial charge in [-0.25, -0.2) is 4.79 Å². The molecule has 1 rings (SSSR count). The molecule has 0 atom stereocenters. The molecule has 3 nitrogen and oxygen atoms in total. The van der Waals surface area contributed by atoms with E-state index in [0.717, 1.165) is 18.5 Å². The van der Waals surface area contributed by atoms with Gasteiger partial charge in [0.15, 0.2) is 0 Å². The zero-order chi connectivity index (χ0) is 11.8. The molecule has 0 spiro atoms. The molecule has 88 valence electrons. The maximum absolute atomic E-state index is 11.5. The van der Waals surface area contributed by atoms with Crippen molar-refractivity contribution in [2.75, 3.05) is 19.7 Å². The van der Waals surface area contributed by atoms with E-state index in [2.05, 4.69) is 12.2 Å². The Morgan fingerprint density at radius 3 is 2.56 bits per heavy atom. The fraction of sp³-hybridized carbons (Fsp3) is 0.462. The Bertz CT molecular complexity index is 319. The number of esters is 1. The van der Waals surface area contributed by atoms with Crippen molar-refractivity contribution in [3.8, 4) is 0 Å². The highest BCUT2D eigenvalue weighted by Crippen LogP contribution is 2.04. The standard InChI is InChI=1S/C13H19NO2/c1-3-8-14-9-10-16-13(15)12-6-4-11(2)5-7-12/h4-7,14H,3,8-10H2,1-2H3.